The van der Waals surface area contributed by atoms with Crippen LogP contribution in [0.1, 0.15) is 36.8 Å². The van der Waals surface area contributed by atoms with Crippen LogP contribution >= 0.6 is 15.9 Å². The fraction of sp³-hybridized carbons (Fsp3) is 0.611. The Balaban J connectivity index is 1.99. The molecule has 4 heteroatoms. The third-order valence-corrected chi connectivity index (χ3v) is 6.06. The van der Waals surface area contributed by atoms with Gasteiger partial charge < -0.3 is 4.74 Å². The highest BCUT2D eigenvalue weighted by Gasteiger charge is 2.37. The zero-order valence-corrected chi connectivity index (χ0v) is 15.3. The molecule has 2 aliphatic rings. The number of nitrogens with zero attached hydrogens (tertiary/aromatic N) is 2. The topological polar surface area (TPSA) is 24.8 Å². The summed E-state index contributed by atoms with van der Waals surface area (Å²) in [6.07, 6.45) is 2.31. The van der Waals surface area contributed by atoms with Crippen LogP contribution in [0.15, 0.2) is 27.8 Å². The average Bonchev–Trinajstić information content (AvgIpc) is 2.84. The smallest absolute Gasteiger partial charge is 0.0468 e. The predicted octanol–water partition coefficient (Wildman–Crippen LogP) is 4.21. The van der Waals surface area contributed by atoms with Crippen LogP contribution in [-0.2, 0) is 4.74 Å². The fourth-order valence-corrected chi connectivity index (χ4v) is 4.42. The zero-order valence-electron chi connectivity index (χ0n) is 13.7. The lowest BCUT2D eigenvalue weighted by Gasteiger charge is -2.35. The van der Waals surface area contributed by atoms with Crippen LogP contribution in [-0.4, -0.2) is 37.5 Å². The SMILES string of the molecule is CC1=NN(C)CC1C(c1cccc(Br)c1C)C1CCOCC1. The van der Waals surface area contributed by atoms with Crippen LogP contribution in [0, 0.1) is 18.8 Å². The Bertz CT molecular complexity index is 566. The summed E-state index contributed by atoms with van der Waals surface area (Å²) in [5.74, 6) is 1.74. The van der Waals surface area contributed by atoms with Crippen molar-refractivity contribution in [3.8, 4) is 0 Å². The van der Waals surface area contributed by atoms with Crippen molar-refractivity contribution in [2.45, 2.75) is 32.6 Å². The summed E-state index contributed by atoms with van der Waals surface area (Å²) in [5.41, 5.74) is 4.14. The van der Waals surface area contributed by atoms with Crippen molar-refractivity contribution in [1.29, 1.82) is 0 Å². The molecular formula is C18H25BrN2O. The minimum Gasteiger partial charge on any atom is -0.381 e. The van der Waals surface area contributed by atoms with Gasteiger partial charge in [-0.3, -0.25) is 5.01 Å². The second-order valence-electron chi connectivity index (χ2n) is 6.62. The molecule has 0 radical (unpaired) electrons. The van der Waals surface area contributed by atoms with Crippen LogP contribution < -0.4 is 0 Å². The summed E-state index contributed by atoms with van der Waals surface area (Å²) >= 11 is 3.71. The molecule has 1 fully saturated rings. The van der Waals surface area contributed by atoms with Crippen molar-refractivity contribution in [2.24, 2.45) is 16.9 Å². The molecule has 120 valence electrons. The molecule has 1 aromatic carbocycles. The standard InChI is InChI=1S/C18H25BrN2O/c1-12-15(5-4-6-17(12)19)18(14-7-9-22-10-8-14)16-11-21(3)20-13(16)2/h4-6,14,16,18H,7-11H2,1-3H3. The molecule has 0 bridgehead atoms. The van der Waals surface area contributed by atoms with Crippen molar-refractivity contribution in [3.05, 3.63) is 33.8 Å². The highest BCUT2D eigenvalue weighted by Crippen LogP contribution is 2.42. The van der Waals surface area contributed by atoms with Gasteiger partial charge in [-0.1, -0.05) is 28.1 Å². The molecule has 22 heavy (non-hydrogen) atoms. The van der Waals surface area contributed by atoms with E-state index in [0.29, 0.717) is 17.8 Å². The lowest BCUT2D eigenvalue weighted by atomic mass is 9.71. The van der Waals surface area contributed by atoms with E-state index in [0.717, 1.165) is 32.6 Å². The minimum absolute atomic E-state index is 0.515. The second kappa shape index (κ2) is 6.71. The van der Waals surface area contributed by atoms with E-state index in [1.807, 2.05) is 0 Å². The molecule has 1 saturated heterocycles. The Morgan fingerprint density at radius 3 is 2.64 bits per heavy atom. The first-order valence-electron chi connectivity index (χ1n) is 8.17. The van der Waals surface area contributed by atoms with Crippen molar-refractivity contribution in [1.82, 2.24) is 5.01 Å². The third kappa shape index (κ3) is 3.09. The first-order valence-corrected chi connectivity index (χ1v) is 8.96. The zero-order chi connectivity index (χ0) is 15.7. The van der Waals surface area contributed by atoms with Gasteiger partial charge in [-0.25, -0.2) is 0 Å². The average molecular weight is 365 g/mol. The number of benzene rings is 1. The number of hydrazone groups is 1. The highest BCUT2D eigenvalue weighted by atomic mass is 79.9. The highest BCUT2D eigenvalue weighted by molar-refractivity contribution is 9.10. The molecule has 0 saturated carbocycles. The van der Waals surface area contributed by atoms with Crippen molar-refractivity contribution in [2.75, 3.05) is 26.8 Å². The van der Waals surface area contributed by atoms with Gasteiger partial charge in [-0.15, -0.1) is 0 Å². The van der Waals surface area contributed by atoms with Crippen LogP contribution in [0.4, 0.5) is 0 Å². The van der Waals surface area contributed by atoms with Crippen molar-refractivity contribution < 1.29 is 4.74 Å². The van der Waals surface area contributed by atoms with E-state index in [4.69, 9.17) is 4.74 Å². The minimum atomic E-state index is 0.515. The molecular weight excluding hydrogens is 340 g/mol. The number of hydrogen-bond acceptors (Lipinski definition) is 3. The summed E-state index contributed by atoms with van der Waals surface area (Å²) in [4.78, 5) is 0. The molecule has 0 aliphatic carbocycles. The van der Waals surface area contributed by atoms with Gasteiger partial charge in [-0.05, 0) is 55.7 Å². The van der Waals surface area contributed by atoms with Gasteiger partial charge in [0.1, 0.15) is 0 Å². The van der Waals surface area contributed by atoms with E-state index in [2.05, 4.69) is 65.1 Å². The summed E-state index contributed by atoms with van der Waals surface area (Å²) in [6, 6.07) is 6.62. The number of ether oxygens (including phenoxy) is 1. The Hall–Kier alpha value is -0.870. The van der Waals surface area contributed by atoms with E-state index < -0.39 is 0 Å². The number of hydrogen-bond donors (Lipinski definition) is 0. The second-order valence-corrected chi connectivity index (χ2v) is 7.47. The molecule has 0 spiro atoms. The van der Waals surface area contributed by atoms with Gasteiger partial charge >= 0.3 is 0 Å². The van der Waals surface area contributed by atoms with Crippen LogP contribution in [0.3, 0.4) is 0 Å². The molecule has 1 aromatic rings. The van der Waals surface area contributed by atoms with Gasteiger partial charge in [0.2, 0.25) is 0 Å². The van der Waals surface area contributed by atoms with Crippen LogP contribution in [0.2, 0.25) is 0 Å². The fourth-order valence-electron chi connectivity index (χ4n) is 4.03. The lowest BCUT2D eigenvalue weighted by Crippen LogP contribution is -2.32. The van der Waals surface area contributed by atoms with E-state index in [1.54, 1.807) is 0 Å². The van der Waals surface area contributed by atoms with Crippen LogP contribution in [0.5, 0.6) is 0 Å². The van der Waals surface area contributed by atoms with E-state index >= 15 is 0 Å². The normalized spacial score (nSPS) is 24.5. The number of halogens is 1. The Morgan fingerprint density at radius 2 is 2.00 bits per heavy atom. The van der Waals surface area contributed by atoms with Gasteiger partial charge in [0, 0.05) is 42.9 Å². The lowest BCUT2D eigenvalue weighted by molar-refractivity contribution is 0.0530. The predicted molar refractivity (Wildman–Crippen MR) is 94.4 cm³/mol. The summed E-state index contributed by atoms with van der Waals surface area (Å²) < 4.78 is 6.81. The third-order valence-electron chi connectivity index (χ3n) is 5.20. The summed E-state index contributed by atoms with van der Waals surface area (Å²) in [5, 5.41) is 6.77. The van der Waals surface area contributed by atoms with Gasteiger partial charge in [-0.2, -0.15) is 5.10 Å². The Morgan fingerprint density at radius 1 is 1.27 bits per heavy atom. The molecule has 0 aromatic heterocycles. The van der Waals surface area contributed by atoms with Crippen molar-refractivity contribution in [3.63, 3.8) is 0 Å². The molecule has 3 nitrogen and oxygen atoms in total. The van der Waals surface area contributed by atoms with E-state index in [-0.39, 0.29) is 0 Å². The Labute approximate surface area is 141 Å². The molecule has 2 atom stereocenters. The van der Waals surface area contributed by atoms with Crippen molar-refractivity contribution >= 4 is 21.6 Å². The van der Waals surface area contributed by atoms with Gasteiger partial charge in [0.25, 0.3) is 0 Å². The molecule has 2 aliphatic heterocycles. The van der Waals surface area contributed by atoms with Gasteiger partial charge in [0.15, 0.2) is 0 Å². The molecule has 2 unspecified atom stereocenters. The first kappa shape index (κ1) is 16.0. The maximum Gasteiger partial charge on any atom is 0.0468 e. The molecule has 0 N–H and O–H groups in total. The Kier molecular flexibility index (Phi) is 4.88. The van der Waals surface area contributed by atoms with Crippen LogP contribution in [0.25, 0.3) is 0 Å². The summed E-state index contributed by atoms with van der Waals surface area (Å²) in [6.45, 7) is 7.24. The van der Waals surface area contributed by atoms with E-state index in [1.165, 1.54) is 21.3 Å². The first-order chi connectivity index (χ1) is 10.6. The number of rotatable bonds is 3. The molecule has 0 amide bonds. The summed E-state index contributed by atoms with van der Waals surface area (Å²) in [7, 11) is 2.08. The molecule has 3 rings (SSSR count). The van der Waals surface area contributed by atoms with Gasteiger partial charge in [0.05, 0.1) is 0 Å². The quantitative estimate of drug-likeness (QED) is 0.802. The maximum absolute atomic E-state index is 5.60. The largest absolute Gasteiger partial charge is 0.381 e. The molecule has 2 heterocycles. The monoisotopic (exact) mass is 364 g/mol. The maximum atomic E-state index is 5.60. The van der Waals surface area contributed by atoms with E-state index in [9.17, 15) is 0 Å².